The number of rotatable bonds is 25. The van der Waals surface area contributed by atoms with Crippen molar-refractivity contribution in [3.63, 3.8) is 0 Å². The van der Waals surface area contributed by atoms with Crippen LogP contribution in [0.25, 0.3) is 0 Å². The summed E-state index contributed by atoms with van der Waals surface area (Å²) in [6.07, 6.45) is 25.7. The largest absolute Gasteiger partial charge is 0.462 e. The van der Waals surface area contributed by atoms with Gasteiger partial charge in [-0.1, -0.05) is 103 Å². The third kappa shape index (κ3) is 23.8. The summed E-state index contributed by atoms with van der Waals surface area (Å²) in [6.45, 7) is 4.01. The first kappa shape index (κ1) is 32.6. The number of esters is 2. The number of carbonyl (C=O) groups excluding carboxylic acids is 2. The summed E-state index contributed by atoms with van der Waals surface area (Å²) < 4.78 is 10.4. The first-order chi connectivity index (χ1) is 16.6. The molecule has 0 bridgehead atoms. The molecule has 0 aromatic rings. The number of aliphatic hydroxyl groups is 1. The summed E-state index contributed by atoms with van der Waals surface area (Å²) in [5.41, 5.74) is 0. The minimum Gasteiger partial charge on any atom is -0.462 e. The van der Waals surface area contributed by atoms with Crippen LogP contribution in [0.3, 0.4) is 0 Å². The van der Waals surface area contributed by atoms with Gasteiger partial charge in [-0.25, -0.2) is 0 Å². The molecule has 0 rings (SSSR count). The van der Waals surface area contributed by atoms with Crippen LogP contribution in [-0.4, -0.2) is 36.4 Å². The number of aliphatic hydroxyl groups excluding tert-OH is 1. The highest BCUT2D eigenvalue weighted by molar-refractivity contribution is 5.70. The zero-order chi connectivity index (χ0) is 25.1. The number of allylic oxidation sites excluding steroid dienone is 2. The standard InChI is InChI=1S/C29H54O5/c1-3-5-7-9-10-11-12-13-14-15-16-17-18-20-22-24-29(32)34-27(25-30)26-33-28(31)23-21-19-8-6-4-2/h13-14,27,30H,3-12,15-26H2,1-2H3. The topological polar surface area (TPSA) is 72.8 Å². The molecule has 0 aromatic carbocycles. The summed E-state index contributed by atoms with van der Waals surface area (Å²) >= 11 is 0. The van der Waals surface area contributed by atoms with Gasteiger partial charge in [0.15, 0.2) is 6.10 Å². The van der Waals surface area contributed by atoms with Gasteiger partial charge < -0.3 is 14.6 Å². The molecule has 1 atom stereocenters. The van der Waals surface area contributed by atoms with E-state index in [-0.39, 0.29) is 25.2 Å². The molecular formula is C29H54O5. The fourth-order valence-corrected chi connectivity index (χ4v) is 3.84. The lowest BCUT2D eigenvalue weighted by atomic mass is 10.1. The van der Waals surface area contributed by atoms with E-state index in [0.717, 1.165) is 44.9 Å². The van der Waals surface area contributed by atoms with E-state index in [1.54, 1.807) is 0 Å². The molecule has 0 aliphatic rings. The van der Waals surface area contributed by atoms with E-state index in [9.17, 15) is 14.7 Å². The van der Waals surface area contributed by atoms with Gasteiger partial charge in [0.05, 0.1) is 6.61 Å². The second-order valence-electron chi connectivity index (χ2n) is 9.48. The number of hydrogen-bond donors (Lipinski definition) is 1. The van der Waals surface area contributed by atoms with E-state index in [2.05, 4.69) is 26.0 Å². The van der Waals surface area contributed by atoms with Crippen molar-refractivity contribution in [2.75, 3.05) is 13.2 Å². The van der Waals surface area contributed by atoms with Gasteiger partial charge in [0, 0.05) is 12.8 Å². The van der Waals surface area contributed by atoms with E-state index in [1.807, 2.05) is 0 Å². The van der Waals surface area contributed by atoms with Gasteiger partial charge in [-0.15, -0.1) is 0 Å². The van der Waals surface area contributed by atoms with Gasteiger partial charge in [-0.05, 0) is 38.5 Å². The molecule has 5 nitrogen and oxygen atoms in total. The Labute approximate surface area is 210 Å². The smallest absolute Gasteiger partial charge is 0.306 e. The van der Waals surface area contributed by atoms with Crippen LogP contribution in [0, 0.1) is 0 Å². The Kier molecular flexibility index (Phi) is 25.2. The van der Waals surface area contributed by atoms with Gasteiger partial charge in [-0.2, -0.15) is 0 Å². The minimum atomic E-state index is -0.764. The molecule has 0 saturated heterocycles. The van der Waals surface area contributed by atoms with Crippen molar-refractivity contribution >= 4 is 11.9 Å². The summed E-state index contributed by atoms with van der Waals surface area (Å²) in [6, 6.07) is 0. The molecule has 0 aliphatic carbocycles. The van der Waals surface area contributed by atoms with Crippen LogP contribution in [0.15, 0.2) is 12.2 Å². The van der Waals surface area contributed by atoms with Crippen LogP contribution >= 0.6 is 0 Å². The Morgan fingerprint density at radius 1 is 0.647 bits per heavy atom. The third-order valence-electron chi connectivity index (χ3n) is 6.06. The molecular weight excluding hydrogens is 428 g/mol. The molecule has 1 unspecified atom stereocenters. The molecule has 0 fully saturated rings. The summed E-state index contributed by atoms with van der Waals surface area (Å²) in [5, 5.41) is 9.39. The Morgan fingerprint density at radius 2 is 1.09 bits per heavy atom. The summed E-state index contributed by atoms with van der Waals surface area (Å²) in [4.78, 5) is 23.7. The van der Waals surface area contributed by atoms with Crippen LogP contribution in [-0.2, 0) is 19.1 Å². The average molecular weight is 483 g/mol. The molecule has 0 heterocycles. The fraction of sp³-hybridized carbons (Fsp3) is 0.862. The van der Waals surface area contributed by atoms with Gasteiger partial charge in [0.1, 0.15) is 6.61 Å². The molecule has 0 radical (unpaired) electrons. The summed E-state index contributed by atoms with van der Waals surface area (Å²) in [7, 11) is 0. The van der Waals surface area contributed by atoms with Crippen LogP contribution in [0.1, 0.15) is 142 Å². The molecule has 34 heavy (non-hydrogen) atoms. The van der Waals surface area contributed by atoms with Crippen molar-refractivity contribution in [3.8, 4) is 0 Å². The molecule has 200 valence electrons. The highest BCUT2D eigenvalue weighted by atomic mass is 16.6. The van der Waals surface area contributed by atoms with Gasteiger partial charge in [0.25, 0.3) is 0 Å². The van der Waals surface area contributed by atoms with Crippen LogP contribution in [0.5, 0.6) is 0 Å². The Morgan fingerprint density at radius 3 is 1.59 bits per heavy atom. The van der Waals surface area contributed by atoms with Crippen LogP contribution < -0.4 is 0 Å². The zero-order valence-electron chi connectivity index (χ0n) is 22.4. The normalized spacial score (nSPS) is 12.2. The molecule has 5 heteroatoms. The number of unbranched alkanes of at least 4 members (excludes halogenated alkanes) is 15. The highest BCUT2D eigenvalue weighted by Gasteiger charge is 2.16. The Bertz CT molecular complexity index is 489. The van der Waals surface area contributed by atoms with Crippen molar-refractivity contribution in [1.29, 1.82) is 0 Å². The van der Waals surface area contributed by atoms with E-state index in [0.29, 0.717) is 12.8 Å². The first-order valence-electron chi connectivity index (χ1n) is 14.2. The Balaban J connectivity index is 3.58. The molecule has 1 N–H and O–H groups in total. The maximum Gasteiger partial charge on any atom is 0.306 e. The van der Waals surface area contributed by atoms with Gasteiger partial charge in [0.2, 0.25) is 0 Å². The quantitative estimate of drug-likeness (QED) is 0.0815. The number of hydrogen-bond acceptors (Lipinski definition) is 5. The van der Waals surface area contributed by atoms with E-state index >= 15 is 0 Å². The van der Waals surface area contributed by atoms with Crippen LogP contribution in [0.2, 0.25) is 0 Å². The third-order valence-corrected chi connectivity index (χ3v) is 6.06. The predicted octanol–water partition coefficient (Wildman–Crippen LogP) is 7.83. The minimum absolute atomic E-state index is 0.0671. The maximum atomic E-state index is 12.0. The van der Waals surface area contributed by atoms with Crippen LogP contribution in [0.4, 0.5) is 0 Å². The van der Waals surface area contributed by atoms with Crippen molar-refractivity contribution < 1.29 is 24.2 Å². The number of ether oxygens (including phenoxy) is 2. The zero-order valence-corrected chi connectivity index (χ0v) is 22.4. The first-order valence-corrected chi connectivity index (χ1v) is 14.2. The lowest BCUT2D eigenvalue weighted by Gasteiger charge is -2.15. The van der Waals surface area contributed by atoms with Gasteiger partial charge in [-0.3, -0.25) is 9.59 Å². The lowest BCUT2D eigenvalue weighted by Crippen LogP contribution is -2.28. The monoisotopic (exact) mass is 482 g/mol. The lowest BCUT2D eigenvalue weighted by molar-refractivity contribution is -0.161. The number of carbonyl (C=O) groups is 2. The Hall–Kier alpha value is -1.36. The fourth-order valence-electron chi connectivity index (χ4n) is 3.84. The van der Waals surface area contributed by atoms with Gasteiger partial charge >= 0.3 is 11.9 Å². The van der Waals surface area contributed by atoms with E-state index in [4.69, 9.17) is 9.47 Å². The molecule has 0 spiro atoms. The maximum absolute atomic E-state index is 12.0. The highest BCUT2D eigenvalue weighted by Crippen LogP contribution is 2.11. The van der Waals surface area contributed by atoms with Crippen molar-refractivity contribution in [2.24, 2.45) is 0 Å². The van der Waals surface area contributed by atoms with Crippen molar-refractivity contribution in [3.05, 3.63) is 12.2 Å². The van der Waals surface area contributed by atoms with E-state index < -0.39 is 6.10 Å². The molecule has 0 aromatic heterocycles. The van der Waals surface area contributed by atoms with E-state index in [1.165, 1.54) is 70.6 Å². The predicted molar refractivity (Wildman–Crippen MR) is 141 cm³/mol. The second kappa shape index (κ2) is 26.2. The molecule has 0 aliphatic heterocycles. The summed E-state index contributed by atoms with van der Waals surface area (Å²) in [5.74, 6) is -0.615. The second-order valence-corrected chi connectivity index (χ2v) is 9.48. The average Bonchev–Trinajstić information content (AvgIpc) is 2.84. The van der Waals surface area contributed by atoms with Crippen molar-refractivity contribution in [2.45, 2.75) is 148 Å². The molecule has 0 amide bonds. The molecule has 0 saturated carbocycles. The SMILES string of the molecule is CCCCCCCCC=CCCCCCCCC(=O)OC(CO)COC(=O)CCCCCCC. The van der Waals surface area contributed by atoms with Crippen molar-refractivity contribution in [1.82, 2.24) is 0 Å².